The second-order valence-corrected chi connectivity index (χ2v) is 5.63. The molecule has 0 aliphatic carbocycles. The normalized spacial score (nSPS) is 11.2. The van der Waals surface area contributed by atoms with Gasteiger partial charge in [-0.2, -0.15) is 0 Å². The van der Waals surface area contributed by atoms with Gasteiger partial charge in [0.05, 0.1) is 19.8 Å². The maximum Gasteiger partial charge on any atom is 0.167 e. The van der Waals surface area contributed by atoms with Crippen LogP contribution >= 0.6 is 0 Å². The molecule has 3 heteroatoms. The molecule has 0 heterocycles. The van der Waals surface area contributed by atoms with E-state index >= 15 is 0 Å². The van der Waals surface area contributed by atoms with Crippen LogP contribution in [0.25, 0.3) is 0 Å². The van der Waals surface area contributed by atoms with Crippen LogP contribution in [-0.2, 0) is 0 Å². The highest BCUT2D eigenvalue weighted by Crippen LogP contribution is 2.33. The van der Waals surface area contributed by atoms with Gasteiger partial charge in [-0.3, -0.25) is 4.79 Å². The van der Waals surface area contributed by atoms with Crippen LogP contribution in [0.1, 0.15) is 43.1 Å². The van der Waals surface area contributed by atoms with Crippen LogP contribution in [0.15, 0.2) is 12.1 Å². The fourth-order valence-corrected chi connectivity index (χ4v) is 1.95. The number of rotatable bonds is 4. The van der Waals surface area contributed by atoms with Crippen LogP contribution < -0.4 is 9.47 Å². The van der Waals surface area contributed by atoms with Crippen molar-refractivity contribution in [3.63, 3.8) is 0 Å². The van der Waals surface area contributed by atoms with Gasteiger partial charge in [0.25, 0.3) is 0 Å². The number of benzene rings is 1. The molecule has 0 saturated carbocycles. The standard InChI is InChI=1S/C15H22O3/c1-10-13(17-5)8-7-11(14(10)18-6)12(16)9-15(2,3)4/h7-8H,9H2,1-6H3. The molecule has 1 rings (SSSR count). The third-order valence-corrected chi connectivity index (χ3v) is 2.77. The molecule has 0 spiro atoms. The lowest BCUT2D eigenvalue weighted by atomic mass is 9.87. The first-order valence-corrected chi connectivity index (χ1v) is 6.05. The summed E-state index contributed by atoms with van der Waals surface area (Å²) in [5.74, 6) is 1.45. The van der Waals surface area contributed by atoms with Crippen LogP contribution in [0.4, 0.5) is 0 Å². The van der Waals surface area contributed by atoms with Gasteiger partial charge in [-0.25, -0.2) is 0 Å². The van der Waals surface area contributed by atoms with Crippen molar-refractivity contribution in [2.75, 3.05) is 14.2 Å². The fraction of sp³-hybridized carbons (Fsp3) is 0.533. The average Bonchev–Trinajstić information content (AvgIpc) is 2.26. The van der Waals surface area contributed by atoms with E-state index in [1.165, 1.54) is 0 Å². The molecule has 0 aliphatic rings. The summed E-state index contributed by atoms with van der Waals surface area (Å²) in [6.45, 7) is 8.04. The van der Waals surface area contributed by atoms with E-state index in [9.17, 15) is 4.79 Å². The van der Waals surface area contributed by atoms with Gasteiger partial charge in [0, 0.05) is 12.0 Å². The van der Waals surface area contributed by atoms with Crippen LogP contribution in [0, 0.1) is 12.3 Å². The van der Waals surface area contributed by atoms with E-state index < -0.39 is 0 Å². The van der Waals surface area contributed by atoms with E-state index in [0.717, 1.165) is 11.3 Å². The number of ether oxygens (including phenoxy) is 2. The van der Waals surface area contributed by atoms with Crippen LogP contribution in [0.3, 0.4) is 0 Å². The molecule has 0 N–H and O–H groups in total. The number of ketones is 1. The maximum absolute atomic E-state index is 12.3. The molecule has 1 aromatic carbocycles. The van der Waals surface area contributed by atoms with Crippen molar-refractivity contribution in [1.82, 2.24) is 0 Å². The zero-order valence-electron chi connectivity index (χ0n) is 12.1. The molecule has 0 bridgehead atoms. The smallest absolute Gasteiger partial charge is 0.167 e. The Kier molecular flexibility index (Phi) is 4.38. The van der Waals surface area contributed by atoms with E-state index in [1.807, 2.05) is 33.8 Å². The van der Waals surface area contributed by atoms with Gasteiger partial charge in [0.15, 0.2) is 5.78 Å². The molecule has 0 saturated heterocycles. The summed E-state index contributed by atoms with van der Waals surface area (Å²) >= 11 is 0. The second kappa shape index (κ2) is 5.42. The molecule has 0 aliphatic heterocycles. The minimum absolute atomic E-state index is 0.0318. The number of carbonyl (C=O) groups excluding carboxylic acids is 1. The Morgan fingerprint density at radius 3 is 2.22 bits per heavy atom. The van der Waals surface area contributed by atoms with E-state index in [-0.39, 0.29) is 11.2 Å². The lowest BCUT2D eigenvalue weighted by molar-refractivity contribution is 0.0936. The molecule has 0 unspecified atom stereocenters. The van der Waals surface area contributed by atoms with Crippen molar-refractivity contribution in [1.29, 1.82) is 0 Å². The molecule has 0 fully saturated rings. The summed E-state index contributed by atoms with van der Waals surface area (Å²) in [4.78, 5) is 12.3. The Labute approximate surface area is 109 Å². The molecule has 18 heavy (non-hydrogen) atoms. The molecule has 100 valence electrons. The summed E-state index contributed by atoms with van der Waals surface area (Å²) in [6, 6.07) is 3.59. The zero-order valence-corrected chi connectivity index (χ0v) is 12.1. The third kappa shape index (κ3) is 3.25. The molecular weight excluding hydrogens is 228 g/mol. The van der Waals surface area contributed by atoms with E-state index in [2.05, 4.69) is 0 Å². The Hall–Kier alpha value is -1.51. The first-order valence-electron chi connectivity index (χ1n) is 6.05. The van der Waals surface area contributed by atoms with Gasteiger partial charge < -0.3 is 9.47 Å². The second-order valence-electron chi connectivity index (χ2n) is 5.63. The zero-order chi connectivity index (χ0) is 13.9. The lowest BCUT2D eigenvalue weighted by Crippen LogP contribution is -2.14. The molecule has 0 amide bonds. The third-order valence-electron chi connectivity index (χ3n) is 2.77. The van der Waals surface area contributed by atoms with Crippen molar-refractivity contribution >= 4 is 5.78 Å². The van der Waals surface area contributed by atoms with Crippen LogP contribution in [0.2, 0.25) is 0 Å². The number of hydrogen-bond acceptors (Lipinski definition) is 3. The Balaban J connectivity index is 3.17. The molecule has 0 atom stereocenters. The quantitative estimate of drug-likeness (QED) is 0.765. The van der Waals surface area contributed by atoms with Gasteiger partial charge >= 0.3 is 0 Å². The first-order chi connectivity index (χ1) is 8.30. The highest BCUT2D eigenvalue weighted by molar-refractivity contribution is 5.99. The minimum atomic E-state index is -0.0318. The molecule has 0 radical (unpaired) electrons. The van der Waals surface area contributed by atoms with Gasteiger partial charge in [-0.15, -0.1) is 0 Å². The van der Waals surface area contributed by atoms with Crippen molar-refractivity contribution in [3.8, 4) is 11.5 Å². The summed E-state index contributed by atoms with van der Waals surface area (Å²) in [7, 11) is 3.19. The molecule has 0 aromatic heterocycles. The summed E-state index contributed by atoms with van der Waals surface area (Å²) in [5.41, 5.74) is 1.46. The Morgan fingerprint density at radius 2 is 1.78 bits per heavy atom. The molecule has 3 nitrogen and oxygen atoms in total. The van der Waals surface area contributed by atoms with Gasteiger partial charge in [-0.1, -0.05) is 20.8 Å². The predicted octanol–water partition coefficient (Wildman–Crippen LogP) is 3.63. The number of Topliss-reactive ketones (excluding diaryl/α,β-unsaturated/α-hetero) is 1. The van der Waals surface area contributed by atoms with E-state index in [4.69, 9.17) is 9.47 Å². The summed E-state index contributed by atoms with van der Waals surface area (Å²) < 4.78 is 10.6. The number of methoxy groups -OCH3 is 2. The van der Waals surface area contributed by atoms with Gasteiger partial charge in [-0.05, 0) is 24.5 Å². The minimum Gasteiger partial charge on any atom is -0.496 e. The monoisotopic (exact) mass is 250 g/mol. The average molecular weight is 250 g/mol. The van der Waals surface area contributed by atoms with Crippen molar-refractivity contribution in [2.45, 2.75) is 34.1 Å². The van der Waals surface area contributed by atoms with Crippen molar-refractivity contribution in [3.05, 3.63) is 23.3 Å². The lowest BCUT2D eigenvalue weighted by Gasteiger charge is -2.19. The van der Waals surface area contributed by atoms with Crippen molar-refractivity contribution in [2.24, 2.45) is 5.41 Å². The largest absolute Gasteiger partial charge is 0.496 e. The Bertz CT molecular complexity index is 442. The molecule has 1 aromatic rings. The highest BCUT2D eigenvalue weighted by Gasteiger charge is 2.22. The number of carbonyl (C=O) groups is 1. The van der Waals surface area contributed by atoms with Crippen LogP contribution in [0.5, 0.6) is 11.5 Å². The summed E-state index contributed by atoms with van der Waals surface area (Å²) in [5, 5.41) is 0. The Morgan fingerprint density at radius 1 is 1.17 bits per heavy atom. The fourth-order valence-electron chi connectivity index (χ4n) is 1.95. The van der Waals surface area contributed by atoms with Gasteiger partial charge in [0.1, 0.15) is 11.5 Å². The van der Waals surface area contributed by atoms with Gasteiger partial charge in [0.2, 0.25) is 0 Å². The van der Waals surface area contributed by atoms with Crippen LogP contribution in [-0.4, -0.2) is 20.0 Å². The first kappa shape index (κ1) is 14.6. The van der Waals surface area contributed by atoms with E-state index in [0.29, 0.717) is 17.7 Å². The topological polar surface area (TPSA) is 35.5 Å². The van der Waals surface area contributed by atoms with Crippen molar-refractivity contribution < 1.29 is 14.3 Å². The predicted molar refractivity (Wildman–Crippen MR) is 72.7 cm³/mol. The number of hydrogen-bond donors (Lipinski definition) is 0. The van der Waals surface area contributed by atoms with E-state index in [1.54, 1.807) is 20.3 Å². The summed E-state index contributed by atoms with van der Waals surface area (Å²) in [6.07, 6.45) is 0.495. The molecular formula is C15H22O3. The maximum atomic E-state index is 12.3. The highest BCUT2D eigenvalue weighted by atomic mass is 16.5. The SMILES string of the molecule is COc1ccc(C(=O)CC(C)(C)C)c(OC)c1C.